The third-order valence-corrected chi connectivity index (χ3v) is 6.05. The highest BCUT2D eigenvalue weighted by Gasteiger charge is 2.52. The second-order valence-corrected chi connectivity index (χ2v) is 7.50. The van der Waals surface area contributed by atoms with Gasteiger partial charge in [-0.2, -0.15) is 0 Å². The van der Waals surface area contributed by atoms with Crippen molar-refractivity contribution in [1.82, 2.24) is 0 Å². The average Bonchev–Trinajstić information content (AvgIpc) is 3.04. The van der Waals surface area contributed by atoms with Gasteiger partial charge in [-0.25, -0.2) is 0 Å². The predicted octanol–water partition coefficient (Wildman–Crippen LogP) is 3.55. The van der Waals surface area contributed by atoms with Crippen LogP contribution in [0.5, 0.6) is 5.75 Å². The largest absolute Gasteiger partial charge is 0.495 e. The van der Waals surface area contributed by atoms with Crippen molar-refractivity contribution in [1.29, 1.82) is 0 Å². The van der Waals surface area contributed by atoms with E-state index in [1.807, 2.05) is 29.6 Å². The number of benzene rings is 1. The zero-order valence-corrected chi connectivity index (χ0v) is 14.9. The lowest BCUT2D eigenvalue weighted by Crippen LogP contribution is -2.27. The van der Waals surface area contributed by atoms with Crippen molar-refractivity contribution < 1.29 is 14.3 Å². The number of methoxy groups -OCH3 is 1. The van der Waals surface area contributed by atoms with Crippen molar-refractivity contribution in [3.8, 4) is 5.75 Å². The predicted molar refractivity (Wildman–Crippen MR) is 98.4 cm³/mol. The minimum atomic E-state index is -0.377. The zero-order valence-electron chi connectivity index (χ0n) is 14.1. The summed E-state index contributed by atoms with van der Waals surface area (Å²) in [5, 5.41) is 5.04. The van der Waals surface area contributed by atoms with Gasteiger partial charge in [0.2, 0.25) is 11.8 Å². The van der Waals surface area contributed by atoms with Crippen molar-refractivity contribution in [2.75, 3.05) is 23.9 Å². The van der Waals surface area contributed by atoms with Crippen LogP contribution in [0.2, 0.25) is 0 Å². The van der Waals surface area contributed by atoms with Crippen molar-refractivity contribution in [2.24, 2.45) is 0 Å². The summed E-state index contributed by atoms with van der Waals surface area (Å²) < 4.78 is 5.40. The SMILES string of the molecule is COc1ccc(NC(=O)C2(c3cccs3)CC2)cc1N1CCCC1=O. The first-order valence-electron chi connectivity index (χ1n) is 8.48. The van der Waals surface area contributed by atoms with E-state index in [-0.39, 0.29) is 17.2 Å². The third kappa shape index (κ3) is 2.80. The Kier molecular flexibility index (Phi) is 4.00. The van der Waals surface area contributed by atoms with Crippen LogP contribution in [0, 0.1) is 0 Å². The molecule has 0 atom stereocenters. The number of hydrogen-bond donors (Lipinski definition) is 1. The molecule has 1 N–H and O–H groups in total. The van der Waals surface area contributed by atoms with Gasteiger partial charge in [-0.1, -0.05) is 6.07 Å². The number of carbonyl (C=O) groups is 2. The number of rotatable bonds is 5. The number of carbonyl (C=O) groups excluding carboxylic acids is 2. The number of thiophene rings is 1. The molecule has 4 rings (SSSR count). The van der Waals surface area contributed by atoms with Crippen LogP contribution in [0.3, 0.4) is 0 Å². The summed E-state index contributed by atoms with van der Waals surface area (Å²) in [5.74, 6) is 0.769. The molecule has 0 spiro atoms. The third-order valence-electron chi connectivity index (χ3n) is 4.98. The van der Waals surface area contributed by atoms with Crippen molar-refractivity contribution in [2.45, 2.75) is 31.1 Å². The van der Waals surface area contributed by atoms with Gasteiger partial charge in [-0.15, -0.1) is 11.3 Å². The molecule has 6 heteroatoms. The van der Waals surface area contributed by atoms with Crippen LogP contribution < -0.4 is 15.0 Å². The number of nitrogens with zero attached hydrogens (tertiary/aromatic N) is 1. The van der Waals surface area contributed by atoms with Crippen LogP contribution in [0.1, 0.15) is 30.6 Å². The Balaban J connectivity index is 1.59. The van der Waals surface area contributed by atoms with E-state index >= 15 is 0 Å². The van der Waals surface area contributed by atoms with Gasteiger partial charge in [0.15, 0.2) is 0 Å². The molecule has 1 saturated heterocycles. The van der Waals surface area contributed by atoms with Gasteiger partial charge in [-0.05, 0) is 48.9 Å². The van der Waals surface area contributed by atoms with Gasteiger partial charge >= 0.3 is 0 Å². The quantitative estimate of drug-likeness (QED) is 0.891. The van der Waals surface area contributed by atoms with Crippen LogP contribution in [0.25, 0.3) is 0 Å². The Bertz CT molecular complexity index is 812. The minimum Gasteiger partial charge on any atom is -0.495 e. The molecule has 1 aromatic carbocycles. The van der Waals surface area contributed by atoms with E-state index in [1.165, 1.54) is 0 Å². The summed E-state index contributed by atoms with van der Waals surface area (Å²) in [6.07, 6.45) is 3.17. The minimum absolute atomic E-state index is 0.0267. The summed E-state index contributed by atoms with van der Waals surface area (Å²) in [7, 11) is 1.59. The van der Waals surface area contributed by atoms with Crippen molar-refractivity contribution in [3.05, 3.63) is 40.6 Å². The molecule has 1 aliphatic carbocycles. The highest BCUT2D eigenvalue weighted by molar-refractivity contribution is 7.10. The molecule has 130 valence electrons. The maximum Gasteiger partial charge on any atom is 0.235 e. The van der Waals surface area contributed by atoms with E-state index in [4.69, 9.17) is 4.74 Å². The fourth-order valence-corrected chi connectivity index (χ4v) is 4.38. The van der Waals surface area contributed by atoms with Gasteiger partial charge in [0.05, 0.1) is 18.2 Å². The van der Waals surface area contributed by atoms with Crippen molar-refractivity contribution in [3.63, 3.8) is 0 Å². The molecular weight excluding hydrogens is 336 g/mol. The lowest BCUT2D eigenvalue weighted by Gasteiger charge is -2.21. The maximum atomic E-state index is 12.8. The Labute approximate surface area is 150 Å². The van der Waals surface area contributed by atoms with Crippen LogP contribution in [0.4, 0.5) is 11.4 Å². The Morgan fingerprint density at radius 3 is 2.76 bits per heavy atom. The molecule has 0 bridgehead atoms. The molecule has 2 aromatic rings. The highest BCUT2D eigenvalue weighted by Crippen LogP contribution is 2.50. The van der Waals surface area contributed by atoms with E-state index in [0.717, 1.165) is 29.8 Å². The van der Waals surface area contributed by atoms with Crippen LogP contribution in [0.15, 0.2) is 35.7 Å². The number of nitrogens with one attached hydrogen (secondary N) is 1. The van der Waals surface area contributed by atoms with Crippen LogP contribution in [-0.4, -0.2) is 25.5 Å². The fourth-order valence-electron chi connectivity index (χ4n) is 3.39. The molecule has 2 fully saturated rings. The maximum absolute atomic E-state index is 12.8. The molecule has 0 radical (unpaired) electrons. The van der Waals surface area contributed by atoms with Gasteiger partial charge in [0.25, 0.3) is 0 Å². The monoisotopic (exact) mass is 356 g/mol. The van der Waals surface area contributed by atoms with Crippen LogP contribution in [-0.2, 0) is 15.0 Å². The molecule has 2 aliphatic rings. The standard InChI is InChI=1S/C19H20N2O3S/c1-24-15-7-6-13(12-14(15)21-10-2-5-17(21)22)20-18(23)19(8-9-19)16-4-3-11-25-16/h3-4,6-7,11-12H,2,5,8-10H2,1H3,(H,20,23). The summed E-state index contributed by atoms with van der Waals surface area (Å²) in [4.78, 5) is 27.8. The fraction of sp³-hybridized carbons (Fsp3) is 0.368. The summed E-state index contributed by atoms with van der Waals surface area (Å²) in [5.41, 5.74) is 1.05. The van der Waals surface area contributed by atoms with E-state index in [1.54, 1.807) is 29.4 Å². The molecule has 0 unspecified atom stereocenters. The Hall–Kier alpha value is -2.34. The average molecular weight is 356 g/mol. The molecule has 2 amide bonds. The lowest BCUT2D eigenvalue weighted by molar-refractivity contribution is -0.118. The molecule has 2 heterocycles. The zero-order chi connectivity index (χ0) is 17.4. The van der Waals surface area contributed by atoms with E-state index in [2.05, 4.69) is 5.32 Å². The van der Waals surface area contributed by atoms with Crippen molar-refractivity contribution >= 4 is 34.5 Å². The second kappa shape index (κ2) is 6.19. The smallest absolute Gasteiger partial charge is 0.235 e. The van der Waals surface area contributed by atoms with Crippen LogP contribution >= 0.6 is 11.3 Å². The summed E-state index contributed by atoms with van der Waals surface area (Å²) in [6.45, 7) is 0.686. The summed E-state index contributed by atoms with van der Waals surface area (Å²) >= 11 is 1.63. The molecule has 5 nitrogen and oxygen atoms in total. The lowest BCUT2D eigenvalue weighted by atomic mass is 10.0. The van der Waals surface area contributed by atoms with Gasteiger partial charge in [-0.3, -0.25) is 9.59 Å². The Morgan fingerprint density at radius 2 is 2.16 bits per heavy atom. The number of amides is 2. The first-order valence-corrected chi connectivity index (χ1v) is 9.36. The van der Waals surface area contributed by atoms with E-state index in [0.29, 0.717) is 24.4 Å². The summed E-state index contributed by atoms with van der Waals surface area (Å²) in [6, 6.07) is 9.48. The van der Waals surface area contributed by atoms with Gasteiger partial charge < -0.3 is 15.0 Å². The normalized spacial score (nSPS) is 18.3. The molecule has 25 heavy (non-hydrogen) atoms. The Morgan fingerprint density at radius 1 is 1.32 bits per heavy atom. The molecule has 1 aliphatic heterocycles. The van der Waals surface area contributed by atoms with E-state index < -0.39 is 0 Å². The molecule has 1 aromatic heterocycles. The number of ether oxygens (including phenoxy) is 1. The highest BCUT2D eigenvalue weighted by atomic mass is 32.1. The van der Waals surface area contributed by atoms with Gasteiger partial charge in [0, 0.05) is 23.5 Å². The van der Waals surface area contributed by atoms with E-state index in [9.17, 15) is 9.59 Å². The molecular formula is C19H20N2O3S. The first-order chi connectivity index (χ1) is 12.1. The molecule has 1 saturated carbocycles. The van der Waals surface area contributed by atoms with Gasteiger partial charge in [0.1, 0.15) is 5.75 Å². The second-order valence-electron chi connectivity index (χ2n) is 6.55. The number of hydrogen-bond acceptors (Lipinski definition) is 4. The number of anilines is 2. The first kappa shape index (κ1) is 16.1. The topological polar surface area (TPSA) is 58.6 Å².